The van der Waals surface area contributed by atoms with Gasteiger partial charge in [0.15, 0.2) is 0 Å². The molecule has 0 fully saturated rings. The quantitative estimate of drug-likeness (QED) is 0.382. The Morgan fingerprint density at radius 2 is 2.00 bits per heavy atom. The number of aromatic nitrogens is 2. The van der Waals surface area contributed by atoms with Gasteiger partial charge >= 0.3 is 5.97 Å². The van der Waals surface area contributed by atoms with Gasteiger partial charge in [0, 0.05) is 10.9 Å². The Morgan fingerprint density at radius 3 is 2.66 bits per heavy atom. The van der Waals surface area contributed by atoms with Crippen molar-refractivity contribution in [2.45, 2.75) is 51.6 Å². The molecule has 0 saturated carbocycles. The first-order valence-corrected chi connectivity index (χ1v) is 14.3. The topological polar surface area (TPSA) is 81.4 Å². The number of carbonyl (C=O) groups is 1. The van der Waals surface area contributed by atoms with E-state index in [9.17, 15) is 14.7 Å². The monoisotopic (exact) mass is 452 g/mol. The van der Waals surface area contributed by atoms with E-state index in [-0.39, 0.29) is 30.9 Å². The summed E-state index contributed by atoms with van der Waals surface area (Å²) in [5.41, 5.74) is 1.09. The van der Waals surface area contributed by atoms with Crippen molar-refractivity contribution in [3.63, 3.8) is 0 Å². The first-order valence-electron chi connectivity index (χ1n) is 10.8. The molecule has 1 unspecified atom stereocenters. The zero-order chi connectivity index (χ0) is 23.0. The lowest BCUT2D eigenvalue weighted by molar-refractivity contribution is -0.156. The molecule has 0 saturated heterocycles. The smallest absolute Gasteiger partial charge is 0.319 e. The second-order valence-corrected chi connectivity index (χ2v) is 14.7. The molecule has 5 rings (SSSR count). The molecule has 1 aromatic carbocycles. The highest BCUT2D eigenvalue weighted by atomic mass is 28.3. The highest BCUT2D eigenvalue weighted by Crippen LogP contribution is 2.40. The molecule has 4 heterocycles. The summed E-state index contributed by atoms with van der Waals surface area (Å²) in [7, 11) is -1.81. The number of ether oxygens (including phenoxy) is 1. The summed E-state index contributed by atoms with van der Waals surface area (Å²) in [5.74, 6) is -0.904. The lowest BCUT2D eigenvalue weighted by atomic mass is 9.75. The molecule has 0 radical (unpaired) electrons. The number of cyclic esters (lactones) is 1. The van der Waals surface area contributed by atoms with Gasteiger partial charge < -0.3 is 14.4 Å². The average Bonchev–Trinajstić information content (AvgIpc) is 3.13. The van der Waals surface area contributed by atoms with Crippen LogP contribution in [0.25, 0.3) is 22.3 Å². The Bertz CT molecular complexity index is 1370. The van der Waals surface area contributed by atoms with Gasteiger partial charge in [-0.05, 0) is 29.3 Å². The number of halogens is 1. The fourth-order valence-corrected chi connectivity index (χ4v) is 6.49. The van der Waals surface area contributed by atoms with Crippen LogP contribution >= 0.6 is 0 Å². The van der Waals surface area contributed by atoms with Crippen molar-refractivity contribution >= 4 is 30.1 Å². The van der Waals surface area contributed by atoms with Gasteiger partial charge in [-0.2, -0.15) is 0 Å². The van der Waals surface area contributed by atoms with Crippen LogP contribution in [0, 0.1) is 5.82 Å². The molecule has 2 aliphatic heterocycles. The van der Waals surface area contributed by atoms with Crippen molar-refractivity contribution < 1.29 is 19.0 Å². The summed E-state index contributed by atoms with van der Waals surface area (Å²) < 4.78 is 22.5. The number of carbonyl (C=O) groups excluding carboxylic acids is 1. The van der Waals surface area contributed by atoms with Gasteiger partial charge in [0.1, 0.15) is 17.8 Å². The minimum absolute atomic E-state index is 0.0783. The molecule has 32 heavy (non-hydrogen) atoms. The first-order chi connectivity index (χ1) is 15.1. The van der Waals surface area contributed by atoms with Crippen molar-refractivity contribution in [1.82, 2.24) is 9.55 Å². The third-order valence-electron chi connectivity index (χ3n) is 6.94. The average molecular weight is 453 g/mol. The van der Waals surface area contributed by atoms with Gasteiger partial charge in [-0.1, -0.05) is 38.7 Å². The Morgan fingerprint density at radius 1 is 1.25 bits per heavy atom. The summed E-state index contributed by atoms with van der Waals surface area (Å²) in [6.45, 7) is 7.79. The maximum Gasteiger partial charge on any atom is 0.319 e. The number of rotatable bonds is 3. The maximum atomic E-state index is 15.7. The van der Waals surface area contributed by atoms with Gasteiger partial charge in [0.25, 0.3) is 5.56 Å². The predicted molar refractivity (Wildman–Crippen MR) is 122 cm³/mol. The normalized spacial score (nSPS) is 19.5. The van der Waals surface area contributed by atoms with E-state index in [1.807, 2.05) is 12.1 Å². The van der Waals surface area contributed by atoms with Gasteiger partial charge in [-0.3, -0.25) is 9.59 Å². The molecule has 6 nitrogen and oxygen atoms in total. The zero-order valence-corrected chi connectivity index (χ0v) is 19.6. The molecule has 8 heteroatoms. The first kappa shape index (κ1) is 21.0. The van der Waals surface area contributed by atoms with Gasteiger partial charge in [0.05, 0.1) is 43.7 Å². The molecule has 0 amide bonds. The molecule has 0 spiro atoms. The predicted octanol–water partition coefficient (Wildman–Crippen LogP) is 2.81. The van der Waals surface area contributed by atoms with Crippen LogP contribution in [0.4, 0.5) is 4.39 Å². The number of esters is 1. The van der Waals surface area contributed by atoms with Crippen LogP contribution in [0.3, 0.4) is 0 Å². The lowest BCUT2D eigenvalue weighted by Gasteiger charge is -2.34. The number of hydrogen-bond donors (Lipinski definition) is 1. The fourth-order valence-electron chi connectivity index (χ4n) is 5.00. The Labute approximate surface area is 185 Å². The van der Waals surface area contributed by atoms with E-state index in [2.05, 4.69) is 19.6 Å². The van der Waals surface area contributed by atoms with E-state index in [1.54, 1.807) is 19.1 Å². The van der Waals surface area contributed by atoms with Gasteiger partial charge in [0.2, 0.25) is 0 Å². The van der Waals surface area contributed by atoms with Crippen molar-refractivity contribution in [3.05, 3.63) is 57.1 Å². The van der Waals surface area contributed by atoms with Crippen molar-refractivity contribution in [2.75, 3.05) is 6.61 Å². The van der Waals surface area contributed by atoms with Gasteiger partial charge in [-0.25, -0.2) is 9.37 Å². The molecule has 166 valence electrons. The number of para-hydroxylation sites is 1. The van der Waals surface area contributed by atoms with Crippen LogP contribution in [-0.2, 0) is 28.1 Å². The van der Waals surface area contributed by atoms with Crippen LogP contribution in [0.1, 0.15) is 30.0 Å². The standard InChI is InChI=1S/C24H25FN2O4Si/c1-5-24(12-28)16-9-17-20-14(10-27(17)22(29)15(16)11-31-23(24)30)19(25)13-7-6-8-18(21(13)26-20)32(2,3)4/h6-9,28H,5,10-12H2,1-4H3. The van der Waals surface area contributed by atoms with Crippen LogP contribution in [0.2, 0.25) is 19.6 Å². The number of benzene rings is 1. The van der Waals surface area contributed by atoms with Gasteiger partial charge in [-0.15, -0.1) is 0 Å². The minimum atomic E-state index is -1.81. The third kappa shape index (κ3) is 2.62. The van der Waals surface area contributed by atoms with E-state index in [0.29, 0.717) is 39.0 Å². The molecule has 1 N–H and O–H groups in total. The molecule has 0 bridgehead atoms. The molecule has 0 aliphatic carbocycles. The lowest BCUT2D eigenvalue weighted by Crippen LogP contribution is -2.47. The van der Waals surface area contributed by atoms with Crippen molar-refractivity contribution in [2.24, 2.45) is 0 Å². The maximum absolute atomic E-state index is 15.7. The van der Waals surface area contributed by atoms with E-state index < -0.39 is 26.1 Å². The third-order valence-corrected chi connectivity index (χ3v) is 8.96. The van der Waals surface area contributed by atoms with Crippen LogP contribution in [0.15, 0.2) is 29.1 Å². The molecule has 2 aromatic heterocycles. The number of fused-ring (bicyclic) bond motifs is 5. The van der Waals surface area contributed by atoms with Crippen LogP contribution in [-0.4, -0.2) is 35.3 Å². The van der Waals surface area contributed by atoms with Crippen molar-refractivity contribution in [3.8, 4) is 11.4 Å². The van der Waals surface area contributed by atoms with E-state index in [0.717, 1.165) is 5.19 Å². The fraction of sp³-hybridized carbons (Fsp3) is 0.375. The SMILES string of the molecule is CCC1(CO)C(=O)OCc2c1cc1n(c2=O)Cc2c-1nc1c([Si](C)(C)C)cccc1c2F. The van der Waals surface area contributed by atoms with Crippen molar-refractivity contribution in [1.29, 1.82) is 0 Å². The Balaban J connectivity index is 1.85. The van der Waals surface area contributed by atoms with E-state index in [4.69, 9.17) is 9.72 Å². The largest absolute Gasteiger partial charge is 0.460 e. The summed E-state index contributed by atoms with van der Waals surface area (Å²) in [6, 6.07) is 7.34. The second kappa shape index (κ2) is 6.83. The molecule has 2 aliphatic rings. The van der Waals surface area contributed by atoms with E-state index in [1.165, 1.54) is 4.57 Å². The number of aliphatic hydroxyl groups is 1. The number of hydrogen-bond acceptors (Lipinski definition) is 5. The Hall–Kier alpha value is -2.84. The highest BCUT2D eigenvalue weighted by molar-refractivity contribution is 6.90. The highest BCUT2D eigenvalue weighted by Gasteiger charge is 2.46. The summed E-state index contributed by atoms with van der Waals surface area (Å²) >= 11 is 0. The molecular weight excluding hydrogens is 427 g/mol. The number of aliphatic hydroxyl groups excluding tert-OH is 1. The molecule has 3 aromatic rings. The summed E-state index contributed by atoms with van der Waals surface area (Å²) in [5, 5.41) is 11.6. The number of nitrogens with zero attached hydrogens (tertiary/aromatic N) is 2. The Kier molecular flexibility index (Phi) is 4.48. The summed E-state index contributed by atoms with van der Waals surface area (Å²) in [6.07, 6.45) is 0.282. The van der Waals surface area contributed by atoms with E-state index >= 15 is 4.39 Å². The van der Waals surface area contributed by atoms with Crippen LogP contribution < -0.4 is 10.7 Å². The second-order valence-electron chi connectivity index (χ2n) is 9.69. The summed E-state index contributed by atoms with van der Waals surface area (Å²) in [4.78, 5) is 30.9. The molecular formula is C24H25FN2O4Si. The zero-order valence-electron chi connectivity index (χ0n) is 18.6. The molecule has 1 atom stereocenters. The van der Waals surface area contributed by atoms with Crippen LogP contribution in [0.5, 0.6) is 0 Å². The number of pyridine rings is 2. The minimum Gasteiger partial charge on any atom is -0.460 e.